The SMILES string of the molecule is O=C(NC(C(=O)O)[C@H](OP(=O)(O)OCc1ccccc1)c1ccccc1)OCC1c2ccccc2-c2ccccc21. The highest BCUT2D eigenvalue weighted by Gasteiger charge is 2.39. The van der Waals surface area contributed by atoms with Crippen molar-refractivity contribution in [1.82, 2.24) is 5.32 Å². The van der Waals surface area contributed by atoms with Crippen molar-refractivity contribution >= 4 is 19.9 Å². The number of carbonyl (C=O) groups excluding carboxylic acids is 1. The zero-order valence-electron chi connectivity index (χ0n) is 21.8. The van der Waals surface area contributed by atoms with E-state index in [1.165, 1.54) is 12.1 Å². The van der Waals surface area contributed by atoms with E-state index in [9.17, 15) is 24.2 Å². The Bertz CT molecular complexity index is 1520. The molecule has 3 N–H and O–H groups in total. The minimum atomic E-state index is -4.78. The minimum absolute atomic E-state index is 0.0399. The predicted molar refractivity (Wildman–Crippen MR) is 151 cm³/mol. The van der Waals surface area contributed by atoms with Gasteiger partial charge in [-0.05, 0) is 33.4 Å². The van der Waals surface area contributed by atoms with Gasteiger partial charge in [0.05, 0.1) is 6.61 Å². The van der Waals surface area contributed by atoms with Crippen LogP contribution in [0.15, 0.2) is 109 Å². The van der Waals surface area contributed by atoms with Crippen molar-refractivity contribution in [2.45, 2.75) is 24.7 Å². The highest BCUT2D eigenvalue weighted by atomic mass is 31.2. The molecule has 0 heterocycles. The number of fused-ring (bicyclic) bond motifs is 3. The first-order valence-corrected chi connectivity index (χ1v) is 14.4. The smallest absolute Gasteiger partial charge is 0.473 e. The topological polar surface area (TPSA) is 131 Å². The molecule has 3 atom stereocenters. The lowest BCUT2D eigenvalue weighted by Gasteiger charge is -2.27. The van der Waals surface area contributed by atoms with E-state index in [-0.39, 0.29) is 24.7 Å². The van der Waals surface area contributed by atoms with Crippen molar-refractivity contribution < 1.29 is 37.9 Å². The van der Waals surface area contributed by atoms with Crippen LogP contribution in [0.3, 0.4) is 0 Å². The van der Waals surface area contributed by atoms with Crippen LogP contribution >= 0.6 is 7.82 Å². The van der Waals surface area contributed by atoms with Gasteiger partial charge in [0.25, 0.3) is 0 Å². The van der Waals surface area contributed by atoms with Crippen LogP contribution in [0.5, 0.6) is 0 Å². The van der Waals surface area contributed by atoms with E-state index in [0.717, 1.165) is 22.3 Å². The molecular formula is C31H28NO8P. The van der Waals surface area contributed by atoms with Crippen LogP contribution in [0.1, 0.15) is 34.3 Å². The Balaban J connectivity index is 1.31. The highest BCUT2D eigenvalue weighted by molar-refractivity contribution is 7.47. The fourth-order valence-electron chi connectivity index (χ4n) is 4.90. The van der Waals surface area contributed by atoms with Crippen LogP contribution in [-0.4, -0.2) is 34.7 Å². The molecule has 1 aliphatic carbocycles. The normalized spacial score (nSPS) is 15.1. The molecule has 0 fully saturated rings. The van der Waals surface area contributed by atoms with Crippen molar-refractivity contribution in [1.29, 1.82) is 0 Å². The number of carboxylic acids is 1. The third-order valence-electron chi connectivity index (χ3n) is 6.80. The maximum absolute atomic E-state index is 12.9. The first kappa shape index (κ1) is 28.3. The van der Waals surface area contributed by atoms with E-state index in [1.54, 1.807) is 48.5 Å². The lowest BCUT2D eigenvalue weighted by atomic mass is 9.98. The molecule has 0 aliphatic heterocycles. The molecular weight excluding hydrogens is 545 g/mol. The molecule has 1 aliphatic rings. The second kappa shape index (κ2) is 12.5. The summed E-state index contributed by atoms with van der Waals surface area (Å²) in [5.74, 6) is -1.72. The fraction of sp³-hybridized carbons (Fsp3) is 0.161. The zero-order valence-corrected chi connectivity index (χ0v) is 22.7. The molecule has 5 rings (SSSR count). The van der Waals surface area contributed by atoms with Crippen LogP contribution in [0, 0.1) is 0 Å². The van der Waals surface area contributed by atoms with Gasteiger partial charge in [0.1, 0.15) is 12.7 Å². The summed E-state index contributed by atoms with van der Waals surface area (Å²) in [4.78, 5) is 35.8. The number of carboxylic acid groups (broad SMARTS) is 1. The molecule has 0 saturated heterocycles. The van der Waals surface area contributed by atoms with Gasteiger partial charge in [-0.1, -0.05) is 109 Å². The van der Waals surface area contributed by atoms with Crippen LogP contribution in [0.2, 0.25) is 0 Å². The van der Waals surface area contributed by atoms with Gasteiger partial charge in [-0.15, -0.1) is 0 Å². The summed E-state index contributed by atoms with van der Waals surface area (Å²) >= 11 is 0. The number of alkyl carbamates (subject to hydrolysis) is 1. The van der Waals surface area contributed by atoms with Gasteiger partial charge in [0.2, 0.25) is 0 Å². The quantitative estimate of drug-likeness (QED) is 0.185. The first-order chi connectivity index (χ1) is 19.8. The second-order valence-electron chi connectivity index (χ2n) is 9.45. The maximum Gasteiger partial charge on any atom is 0.473 e. The third kappa shape index (κ3) is 6.73. The fourth-order valence-corrected chi connectivity index (χ4v) is 5.80. The van der Waals surface area contributed by atoms with E-state index in [4.69, 9.17) is 13.8 Å². The Labute approximate surface area is 237 Å². The number of phosphoric ester groups is 1. The van der Waals surface area contributed by atoms with Crippen molar-refractivity contribution in [3.63, 3.8) is 0 Å². The lowest BCUT2D eigenvalue weighted by molar-refractivity contribution is -0.142. The van der Waals surface area contributed by atoms with Crippen LogP contribution in [0.25, 0.3) is 11.1 Å². The number of hydrogen-bond donors (Lipinski definition) is 3. The summed E-state index contributed by atoms with van der Waals surface area (Å²) in [5.41, 5.74) is 4.96. The zero-order chi connectivity index (χ0) is 28.8. The molecule has 41 heavy (non-hydrogen) atoms. The molecule has 210 valence electrons. The molecule has 0 saturated carbocycles. The van der Waals surface area contributed by atoms with Gasteiger partial charge in [-0.25, -0.2) is 14.2 Å². The van der Waals surface area contributed by atoms with E-state index in [1.807, 2.05) is 48.5 Å². The van der Waals surface area contributed by atoms with Gasteiger partial charge in [-0.3, -0.25) is 9.05 Å². The van der Waals surface area contributed by atoms with E-state index >= 15 is 0 Å². The largest absolute Gasteiger partial charge is 0.480 e. The monoisotopic (exact) mass is 573 g/mol. The standard InChI is InChI=1S/C31H28NO8P/c33-30(34)28(29(22-13-5-2-6-14-22)40-41(36,37)39-19-21-11-3-1-4-12-21)32-31(35)38-20-27-25-17-9-7-15-23(25)24-16-8-10-18-26(24)27/h1-18,27-29H,19-20H2,(H,32,35)(H,33,34)(H,36,37)/t28?,29-/m1/s1. The van der Waals surface area contributed by atoms with Crippen LogP contribution in [-0.2, 0) is 29.8 Å². The molecule has 4 aromatic rings. The summed E-state index contributed by atoms with van der Waals surface area (Å²) in [6.45, 7) is -0.282. The van der Waals surface area contributed by atoms with Gasteiger partial charge < -0.3 is 20.1 Å². The summed E-state index contributed by atoms with van der Waals surface area (Å²) in [6.07, 6.45) is -2.58. The molecule has 0 bridgehead atoms. The Morgan fingerprint density at radius 1 is 0.805 bits per heavy atom. The van der Waals surface area contributed by atoms with Gasteiger partial charge in [0.15, 0.2) is 6.04 Å². The molecule has 2 unspecified atom stereocenters. The third-order valence-corrected chi connectivity index (χ3v) is 7.75. The van der Waals surface area contributed by atoms with Crippen molar-refractivity contribution in [3.05, 3.63) is 131 Å². The summed E-state index contributed by atoms with van der Waals surface area (Å²) in [7, 11) is -4.78. The summed E-state index contributed by atoms with van der Waals surface area (Å²) in [5, 5.41) is 12.3. The van der Waals surface area contributed by atoms with Crippen LogP contribution in [0.4, 0.5) is 4.79 Å². The highest BCUT2D eigenvalue weighted by Crippen LogP contribution is 2.49. The minimum Gasteiger partial charge on any atom is -0.480 e. The Hall–Kier alpha value is -4.27. The maximum atomic E-state index is 12.9. The van der Waals surface area contributed by atoms with E-state index < -0.39 is 32.0 Å². The average Bonchev–Trinajstić information content (AvgIpc) is 3.31. The molecule has 0 aromatic heterocycles. The first-order valence-electron chi connectivity index (χ1n) is 12.9. The van der Waals surface area contributed by atoms with E-state index in [2.05, 4.69) is 5.32 Å². The molecule has 0 spiro atoms. The number of phosphoric acid groups is 1. The van der Waals surface area contributed by atoms with Gasteiger partial charge in [0, 0.05) is 5.92 Å². The van der Waals surface area contributed by atoms with E-state index in [0.29, 0.717) is 5.56 Å². The number of aliphatic carboxylic acids is 1. The Kier molecular flexibility index (Phi) is 8.61. The molecule has 0 radical (unpaired) electrons. The van der Waals surface area contributed by atoms with Crippen molar-refractivity contribution in [2.75, 3.05) is 6.61 Å². The summed E-state index contributed by atoms with van der Waals surface area (Å²) in [6, 6.07) is 30.5. The predicted octanol–water partition coefficient (Wildman–Crippen LogP) is 6.05. The van der Waals surface area contributed by atoms with Gasteiger partial charge >= 0.3 is 19.9 Å². The van der Waals surface area contributed by atoms with Crippen molar-refractivity contribution in [2.24, 2.45) is 0 Å². The number of ether oxygens (including phenoxy) is 1. The number of hydrogen-bond acceptors (Lipinski definition) is 6. The number of nitrogens with one attached hydrogen (secondary N) is 1. The number of benzene rings is 4. The Morgan fingerprint density at radius 2 is 1.34 bits per heavy atom. The van der Waals surface area contributed by atoms with Crippen LogP contribution < -0.4 is 5.32 Å². The molecule has 10 heteroatoms. The average molecular weight is 574 g/mol. The summed E-state index contributed by atoms with van der Waals surface area (Å²) < 4.78 is 28.9. The number of amides is 1. The van der Waals surface area contributed by atoms with Crippen molar-refractivity contribution in [3.8, 4) is 11.1 Å². The molecule has 4 aromatic carbocycles. The lowest BCUT2D eigenvalue weighted by Crippen LogP contribution is -2.46. The molecule has 1 amide bonds. The number of rotatable bonds is 11. The molecule has 9 nitrogen and oxygen atoms in total. The second-order valence-corrected chi connectivity index (χ2v) is 10.9. The Morgan fingerprint density at radius 3 is 1.93 bits per heavy atom. The number of carbonyl (C=O) groups is 2. The van der Waals surface area contributed by atoms with Gasteiger partial charge in [-0.2, -0.15) is 0 Å².